The van der Waals surface area contributed by atoms with E-state index in [4.69, 9.17) is 23.3 Å². The van der Waals surface area contributed by atoms with Crippen molar-refractivity contribution in [3.63, 3.8) is 0 Å². The number of carbonyl (C=O) groups is 1. The Balaban J connectivity index is 3.47. The number of halogens is 1. The Morgan fingerprint density at radius 1 is 1.62 bits per heavy atom. The van der Waals surface area contributed by atoms with Crippen molar-refractivity contribution in [1.82, 2.24) is 0 Å². The molecule has 1 aromatic rings. The van der Waals surface area contributed by atoms with Crippen molar-refractivity contribution in [2.75, 3.05) is 0 Å². The van der Waals surface area contributed by atoms with Crippen molar-refractivity contribution < 1.29 is 9.90 Å². The number of hydrogen-bond donors (Lipinski definition) is 1. The van der Waals surface area contributed by atoms with Crippen LogP contribution < -0.4 is 0 Å². The summed E-state index contributed by atoms with van der Waals surface area (Å²) in [7, 11) is 0. The summed E-state index contributed by atoms with van der Waals surface area (Å²) >= 11 is 5.70. The van der Waals surface area contributed by atoms with Gasteiger partial charge in [-0.05, 0) is 18.6 Å². The van der Waals surface area contributed by atoms with Gasteiger partial charge in [-0.2, -0.15) is 0 Å². The zero-order valence-electron chi connectivity index (χ0n) is 6.84. The fraction of sp³-hybridized carbons (Fsp3) is 0.111. The lowest BCUT2D eigenvalue weighted by atomic mass is 10.1. The summed E-state index contributed by atoms with van der Waals surface area (Å²) in [6, 6.07) is 2.82. The maximum Gasteiger partial charge on any atom is 0.334 e. The van der Waals surface area contributed by atoms with Crippen molar-refractivity contribution in [3.05, 3.63) is 39.7 Å². The van der Waals surface area contributed by atoms with Crippen LogP contribution in [0.25, 0.3) is 4.85 Å². The average Bonchev–Trinajstić information content (AvgIpc) is 2.04. The van der Waals surface area contributed by atoms with Crippen LogP contribution in [0.5, 0.6) is 0 Å². The predicted molar refractivity (Wildman–Crippen MR) is 49.4 cm³/mol. The summed E-state index contributed by atoms with van der Waals surface area (Å²) in [6.07, 6.45) is 0. The van der Waals surface area contributed by atoms with Gasteiger partial charge in [0.05, 0.1) is 12.1 Å². The standard InChI is InChI=1S/C9H6ClNO2/c1-5-6(9(12)13)3-4-7(10)8(5)11-2/h3-4H,1H3,(H,12,13). The molecule has 0 unspecified atom stereocenters. The molecule has 13 heavy (non-hydrogen) atoms. The van der Waals surface area contributed by atoms with Gasteiger partial charge >= 0.3 is 5.97 Å². The fourth-order valence-electron chi connectivity index (χ4n) is 1.04. The molecule has 66 valence electrons. The molecular weight excluding hydrogens is 190 g/mol. The number of carboxylic acids is 1. The van der Waals surface area contributed by atoms with E-state index in [9.17, 15) is 4.79 Å². The van der Waals surface area contributed by atoms with E-state index < -0.39 is 5.97 Å². The molecule has 1 aromatic carbocycles. The summed E-state index contributed by atoms with van der Waals surface area (Å²) in [6.45, 7) is 8.38. The molecule has 0 fully saturated rings. The molecule has 0 aliphatic heterocycles. The van der Waals surface area contributed by atoms with E-state index in [0.717, 1.165) is 0 Å². The van der Waals surface area contributed by atoms with Crippen LogP contribution in [-0.4, -0.2) is 11.1 Å². The predicted octanol–water partition coefficient (Wildman–Crippen LogP) is 2.90. The van der Waals surface area contributed by atoms with Crippen LogP contribution in [0.2, 0.25) is 5.02 Å². The molecule has 0 aliphatic carbocycles. The van der Waals surface area contributed by atoms with E-state index in [1.807, 2.05) is 0 Å². The zero-order valence-corrected chi connectivity index (χ0v) is 7.59. The van der Waals surface area contributed by atoms with Crippen molar-refractivity contribution in [3.8, 4) is 0 Å². The smallest absolute Gasteiger partial charge is 0.334 e. The van der Waals surface area contributed by atoms with Crippen LogP contribution in [0.4, 0.5) is 5.69 Å². The second-order valence-corrected chi connectivity index (χ2v) is 2.89. The van der Waals surface area contributed by atoms with E-state index >= 15 is 0 Å². The van der Waals surface area contributed by atoms with Crippen LogP contribution in [0, 0.1) is 13.5 Å². The second-order valence-electron chi connectivity index (χ2n) is 2.49. The van der Waals surface area contributed by atoms with Crippen molar-refractivity contribution in [2.45, 2.75) is 6.92 Å². The SMILES string of the molecule is [C-]#[N+]c1c(Cl)ccc(C(=O)O)c1C. The Bertz CT molecular complexity index is 407. The molecule has 0 saturated heterocycles. The Hall–Kier alpha value is -1.53. The first kappa shape index (κ1) is 9.56. The molecule has 1 rings (SSSR count). The lowest BCUT2D eigenvalue weighted by molar-refractivity contribution is 0.0696. The van der Waals surface area contributed by atoms with Crippen LogP contribution >= 0.6 is 11.6 Å². The molecule has 0 saturated carbocycles. The molecule has 0 bridgehead atoms. The van der Waals surface area contributed by atoms with Crippen LogP contribution in [-0.2, 0) is 0 Å². The second kappa shape index (κ2) is 3.46. The van der Waals surface area contributed by atoms with Crippen LogP contribution in [0.15, 0.2) is 12.1 Å². The molecule has 0 aliphatic rings. The highest BCUT2D eigenvalue weighted by molar-refractivity contribution is 6.33. The minimum atomic E-state index is -1.04. The van der Waals surface area contributed by atoms with Crippen molar-refractivity contribution in [2.24, 2.45) is 0 Å². The first-order valence-electron chi connectivity index (χ1n) is 3.47. The molecule has 0 radical (unpaired) electrons. The van der Waals surface area contributed by atoms with E-state index in [0.29, 0.717) is 5.56 Å². The lowest BCUT2D eigenvalue weighted by Crippen LogP contribution is -1.99. The highest BCUT2D eigenvalue weighted by Crippen LogP contribution is 2.30. The highest BCUT2D eigenvalue weighted by atomic mass is 35.5. The van der Waals surface area contributed by atoms with E-state index in [2.05, 4.69) is 4.85 Å². The fourth-order valence-corrected chi connectivity index (χ4v) is 1.28. The first-order chi connectivity index (χ1) is 6.07. The van der Waals surface area contributed by atoms with Gasteiger partial charge in [-0.25, -0.2) is 9.64 Å². The van der Waals surface area contributed by atoms with Crippen molar-refractivity contribution in [1.29, 1.82) is 0 Å². The minimum absolute atomic E-state index is 0.121. The van der Waals surface area contributed by atoms with Gasteiger partial charge in [0, 0.05) is 5.02 Å². The van der Waals surface area contributed by atoms with Gasteiger partial charge in [-0.1, -0.05) is 17.7 Å². The summed E-state index contributed by atoms with van der Waals surface area (Å²) in [5, 5.41) is 9.02. The molecule has 0 aromatic heterocycles. The topological polar surface area (TPSA) is 41.7 Å². The largest absolute Gasteiger partial charge is 0.478 e. The van der Waals surface area contributed by atoms with Gasteiger partial charge in [-0.15, -0.1) is 0 Å². The molecule has 0 spiro atoms. The number of aromatic carboxylic acids is 1. The van der Waals surface area contributed by atoms with Gasteiger partial charge in [0.15, 0.2) is 0 Å². The third kappa shape index (κ3) is 1.63. The summed E-state index contributed by atoms with van der Waals surface area (Å²) < 4.78 is 0. The molecule has 3 nitrogen and oxygen atoms in total. The Morgan fingerprint density at radius 2 is 2.23 bits per heavy atom. The monoisotopic (exact) mass is 195 g/mol. The molecule has 1 N–H and O–H groups in total. The van der Waals surface area contributed by atoms with Gasteiger partial charge in [0.2, 0.25) is 5.69 Å². The minimum Gasteiger partial charge on any atom is -0.478 e. The molecule has 0 amide bonds. The van der Waals surface area contributed by atoms with Gasteiger partial charge in [0.25, 0.3) is 0 Å². The van der Waals surface area contributed by atoms with Crippen LogP contribution in [0.3, 0.4) is 0 Å². The molecule has 0 atom stereocenters. The van der Waals surface area contributed by atoms with Gasteiger partial charge < -0.3 is 5.11 Å². The number of rotatable bonds is 1. The molecule has 0 heterocycles. The lowest BCUT2D eigenvalue weighted by Gasteiger charge is -2.03. The third-order valence-electron chi connectivity index (χ3n) is 1.72. The summed E-state index contributed by atoms with van der Waals surface area (Å²) in [4.78, 5) is 13.8. The average molecular weight is 196 g/mol. The van der Waals surface area contributed by atoms with E-state index in [-0.39, 0.29) is 16.3 Å². The van der Waals surface area contributed by atoms with E-state index in [1.54, 1.807) is 6.92 Å². The number of carboxylic acid groups (broad SMARTS) is 1. The highest BCUT2D eigenvalue weighted by Gasteiger charge is 2.12. The Morgan fingerprint density at radius 3 is 2.69 bits per heavy atom. The number of hydrogen-bond acceptors (Lipinski definition) is 1. The normalized spacial score (nSPS) is 9.31. The zero-order chi connectivity index (χ0) is 10.0. The quantitative estimate of drug-likeness (QED) is 0.700. The number of benzene rings is 1. The third-order valence-corrected chi connectivity index (χ3v) is 2.03. The van der Waals surface area contributed by atoms with E-state index in [1.165, 1.54) is 12.1 Å². The molecular formula is C9H6ClNO2. The molecule has 4 heteroatoms. The Kier molecular flexibility index (Phi) is 2.54. The maximum atomic E-state index is 10.7. The van der Waals surface area contributed by atoms with Crippen molar-refractivity contribution >= 4 is 23.3 Å². The maximum absolute atomic E-state index is 10.7. The number of nitrogens with zero attached hydrogens (tertiary/aromatic N) is 1. The Labute approximate surface area is 80.4 Å². The summed E-state index contributed by atoms with van der Waals surface area (Å²) in [5.41, 5.74) is 0.743. The van der Waals surface area contributed by atoms with Crippen LogP contribution in [0.1, 0.15) is 15.9 Å². The summed E-state index contributed by atoms with van der Waals surface area (Å²) in [5.74, 6) is -1.04. The van der Waals surface area contributed by atoms with Gasteiger partial charge in [0.1, 0.15) is 0 Å². The first-order valence-corrected chi connectivity index (χ1v) is 3.85. The van der Waals surface area contributed by atoms with Gasteiger partial charge in [-0.3, -0.25) is 0 Å².